The van der Waals surface area contributed by atoms with E-state index in [4.69, 9.17) is 16.3 Å². The van der Waals surface area contributed by atoms with Gasteiger partial charge in [-0.05, 0) is 41.4 Å². The molecule has 4 nitrogen and oxygen atoms in total. The minimum absolute atomic E-state index is 0.0528. The van der Waals surface area contributed by atoms with E-state index in [0.717, 1.165) is 16.6 Å². The highest BCUT2D eigenvalue weighted by molar-refractivity contribution is 9.10. The van der Waals surface area contributed by atoms with Crippen molar-refractivity contribution in [2.24, 2.45) is 0 Å². The summed E-state index contributed by atoms with van der Waals surface area (Å²) in [7, 11) is 1.64. The topological polar surface area (TPSA) is 50.4 Å². The summed E-state index contributed by atoms with van der Waals surface area (Å²) in [6.07, 6.45) is 0.801. The summed E-state index contributed by atoms with van der Waals surface area (Å²) in [5.74, 6) is -0.0528. The van der Waals surface area contributed by atoms with Crippen LogP contribution in [0.15, 0.2) is 22.7 Å². The number of rotatable bonds is 7. The van der Waals surface area contributed by atoms with Crippen LogP contribution in [0, 0.1) is 0 Å². The number of hydrogen-bond acceptors (Lipinski definition) is 3. The number of ether oxygens (including phenoxy) is 1. The Labute approximate surface area is 127 Å². The minimum Gasteiger partial charge on any atom is -0.385 e. The van der Waals surface area contributed by atoms with Crippen LogP contribution < -0.4 is 10.6 Å². The molecule has 0 aromatic heterocycles. The van der Waals surface area contributed by atoms with Gasteiger partial charge in [0.05, 0.1) is 15.2 Å². The minimum atomic E-state index is -0.336. The van der Waals surface area contributed by atoms with E-state index in [2.05, 4.69) is 26.6 Å². The van der Waals surface area contributed by atoms with E-state index in [1.807, 2.05) is 12.1 Å². The van der Waals surface area contributed by atoms with Crippen molar-refractivity contribution in [3.8, 4) is 0 Å². The lowest BCUT2D eigenvalue weighted by Crippen LogP contribution is -2.38. The van der Waals surface area contributed by atoms with Crippen LogP contribution >= 0.6 is 27.5 Å². The van der Waals surface area contributed by atoms with Gasteiger partial charge in [-0.25, -0.2) is 0 Å². The van der Waals surface area contributed by atoms with E-state index in [0.29, 0.717) is 18.2 Å². The van der Waals surface area contributed by atoms with Gasteiger partial charge in [0.15, 0.2) is 0 Å². The lowest BCUT2D eigenvalue weighted by molar-refractivity contribution is -0.121. The normalized spacial score (nSPS) is 12.0. The molecule has 0 heterocycles. The van der Waals surface area contributed by atoms with Gasteiger partial charge in [-0.15, -0.1) is 0 Å². The van der Waals surface area contributed by atoms with E-state index in [-0.39, 0.29) is 11.9 Å². The fraction of sp³-hybridized carbons (Fsp3) is 0.462. The molecule has 1 aromatic carbocycles. The van der Waals surface area contributed by atoms with Crippen LogP contribution in [-0.4, -0.2) is 32.2 Å². The van der Waals surface area contributed by atoms with Crippen molar-refractivity contribution in [1.29, 1.82) is 0 Å². The maximum Gasteiger partial charge on any atom is 0.242 e. The molecule has 6 heteroatoms. The molecule has 2 N–H and O–H groups in total. The standard InChI is InChI=1S/C13H18BrClN2O2/c1-9(13(18)16-7-4-8-19-2)17-11-6-3-5-10(15)12(11)14/h3,5-6,9,17H,4,7-8H2,1-2H3,(H,16,18). The van der Waals surface area contributed by atoms with Crippen LogP contribution in [0.4, 0.5) is 5.69 Å². The molecule has 1 rings (SSSR count). The molecule has 1 amide bonds. The van der Waals surface area contributed by atoms with Gasteiger partial charge >= 0.3 is 0 Å². The van der Waals surface area contributed by atoms with E-state index in [1.165, 1.54) is 0 Å². The molecule has 0 radical (unpaired) electrons. The Hall–Kier alpha value is -0.780. The molecule has 19 heavy (non-hydrogen) atoms. The number of nitrogens with one attached hydrogen (secondary N) is 2. The zero-order chi connectivity index (χ0) is 14.3. The molecule has 0 aliphatic heterocycles. The third kappa shape index (κ3) is 5.38. The number of anilines is 1. The van der Waals surface area contributed by atoms with Crippen molar-refractivity contribution in [3.05, 3.63) is 27.7 Å². The first-order valence-electron chi connectivity index (χ1n) is 6.03. The maximum absolute atomic E-state index is 11.8. The number of methoxy groups -OCH3 is 1. The van der Waals surface area contributed by atoms with Crippen LogP contribution in [0.25, 0.3) is 0 Å². The highest BCUT2D eigenvalue weighted by Crippen LogP contribution is 2.30. The predicted molar refractivity (Wildman–Crippen MR) is 81.7 cm³/mol. The highest BCUT2D eigenvalue weighted by atomic mass is 79.9. The molecule has 0 aliphatic carbocycles. The number of carbonyl (C=O) groups is 1. The van der Waals surface area contributed by atoms with Crippen molar-refractivity contribution in [2.45, 2.75) is 19.4 Å². The molecular formula is C13H18BrClN2O2. The van der Waals surface area contributed by atoms with E-state index >= 15 is 0 Å². The van der Waals surface area contributed by atoms with Crippen LogP contribution in [0.5, 0.6) is 0 Å². The summed E-state index contributed by atoms with van der Waals surface area (Å²) < 4.78 is 5.68. The third-order valence-electron chi connectivity index (χ3n) is 2.54. The molecule has 106 valence electrons. The molecule has 0 saturated carbocycles. The number of amides is 1. The average molecular weight is 350 g/mol. The molecule has 0 fully saturated rings. The molecule has 1 unspecified atom stereocenters. The Kier molecular flexibility index (Phi) is 7.20. The van der Waals surface area contributed by atoms with Gasteiger partial charge in [0.25, 0.3) is 0 Å². The van der Waals surface area contributed by atoms with E-state index in [9.17, 15) is 4.79 Å². The first-order chi connectivity index (χ1) is 9.06. The second-order valence-corrected chi connectivity index (χ2v) is 5.30. The molecule has 0 saturated heterocycles. The Morgan fingerprint density at radius 1 is 1.53 bits per heavy atom. The number of benzene rings is 1. The summed E-state index contributed by atoms with van der Waals surface area (Å²) in [6.45, 7) is 3.05. The summed E-state index contributed by atoms with van der Waals surface area (Å²) >= 11 is 9.38. The molecular weight excluding hydrogens is 332 g/mol. The third-order valence-corrected chi connectivity index (χ3v) is 3.94. The molecule has 0 spiro atoms. The first kappa shape index (κ1) is 16.3. The van der Waals surface area contributed by atoms with Crippen LogP contribution in [0.3, 0.4) is 0 Å². The summed E-state index contributed by atoms with van der Waals surface area (Å²) in [5, 5.41) is 6.57. The van der Waals surface area contributed by atoms with Gasteiger partial charge in [0.1, 0.15) is 6.04 Å². The predicted octanol–water partition coefficient (Wildman–Crippen LogP) is 3.06. The Morgan fingerprint density at radius 3 is 2.95 bits per heavy atom. The van der Waals surface area contributed by atoms with Crippen molar-refractivity contribution in [1.82, 2.24) is 5.32 Å². The Balaban J connectivity index is 2.47. The van der Waals surface area contributed by atoms with Gasteiger partial charge in [0, 0.05) is 20.3 Å². The average Bonchev–Trinajstić information content (AvgIpc) is 2.39. The smallest absolute Gasteiger partial charge is 0.242 e. The van der Waals surface area contributed by atoms with Gasteiger partial charge in [-0.1, -0.05) is 17.7 Å². The molecule has 1 aromatic rings. The lowest BCUT2D eigenvalue weighted by atomic mass is 10.2. The van der Waals surface area contributed by atoms with Crippen molar-refractivity contribution >= 4 is 39.1 Å². The highest BCUT2D eigenvalue weighted by Gasteiger charge is 2.13. The Bertz CT molecular complexity index is 429. The monoisotopic (exact) mass is 348 g/mol. The van der Waals surface area contributed by atoms with Crippen LogP contribution in [-0.2, 0) is 9.53 Å². The Morgan fingerprint density at radius 2 is 2.26 bits per heavy atom. The fourth-order valence-electron chi connectivity index (χ4n) is 1.50. The lowest BCUT2D eigenvalue weighted by Gasteiger charge is -2.16. The molecule has 0 bridgehead atoms. The summed E-state index contributed by atoms with van der Waals surface area (Å²) in [6, 6.07) is 5.15. The number of hydrogen-bond donors (Lipinski definition) is 2. The van der Waals surface area contributed by atoms with Gasteiger partial charge in [-0.2, -0.15) is 0 Å². The van der Waals surface area contributed by atoms with Gasteiger partial charge in [0.2, 0.25) is 5.91 Å². The quantitative estimate of drug-likeness (QED) is 0.744. The van der Waals surface area contributed by atoms with Crippen molar-refractivity contribution in [2.75, 3.05) is 25.6 Å². The summed E-state index contributed by atoms with van der Waals surface area (Å²) in [4.78, 5) is 11.8. The maximum atomic E-state index is 11.8. The summed E-state index contributed by atoms with van der Waals surface area (Å²) in [5.41, 5.74) is 0.798. The van der Waals surface area contributed by atoms with Crippen LogP contribution in [0.1, 0.15) is 13.3 Å². The van der Waals surface area contributed by atoms with E-state index < -0.39 is 0 Å². The zero-order valence-electron chi connectivity index (χ0n) is 11.0. The number of carbonyl (C=O) groups excluding carboxylic acids is 1. The SMILES string of the molecule is COCCCNC(=O)C(C)Nc1cccc(Cl)c1Br. The largest absolute Gasteiger partial charge is 0.385 e. The van der Waals surface area contributed by atoms with Crippen molar-refractivity contribution < 1.29 is 9.53 Å². The fourth-order valence-corrected chi connectivity index (χ4v) is 2.05. The van der Waals surface area contributed by atoms with Crippen molar-refractivity contribution in [3.63, 3.8) is 0 Å². The van der Waals surface area contributed by atoms with Crippen LogP contribution in [0.2, 0.25) is 5.02 Å². The number of halogens is 2. The van der Waals surface area contributed by atoms with Gasteiger partial charge < -0.3 is 15.4 Å². The van der Waals surface area contributed by atoms with Gasteiger partial charge in [-0.3, -0.25) is 4.79 Å². The second-order valence-electron chi connectivity index (χ2n) is 4.10. The zero-order valence-corrected chi connectivity index (χ0v) is 13.3. The molecule has 1 atom stereocenters. The second kappa shape index (κ2) is 8.40. The molecule has 0 aliphatic rings. The van der Waals surface area contributed by atoms with E-state index in [1.54, 1.807) is 20.1 Å². The first-order valence-corrected chi connectivity index (χ1v) is 7.20.